The number of hydrogen-bond acceptors (Lipinski definition) is 4. The van der Waals surface area contributed by atoms with Gasteiger partial charge in [-0.2, -0.15) is 0 Å². The van der Waals surface area contributed by atoms with Crippen molar-refractivity contribution < 1.29 is 14.6 Å². The SMILES string of the molecule is CC1(C)CN(c2csc(C(=O)O)c2)CCO1. The fourth-order valence-corrected chi connectivity index (χ4v) is 2.60. The standard InChI is InChI=1S/C11H15NO3S/c1-11(2)7-12(3-4-15-11)8-5-9(10(13)14)16-6-8/h5-6H,3-4,7H2,1-2H3,(H,13,14). The van der Waals surface area contributed by atoms with Crippen LogP contribution in [0, 0.1) is 0 Å². The summed E-state index contributed by atoms with van der Waals surface area (Å²) >= 11 is 1.27. The van der Waals surface area contributed by atoms with Crippen molar-refractivity contribution in [2.45, 2.75) is 19.4 Å². The molecule has 1 aromatic heterocycles. The molecule has 0 spiro atoms. The highest BCUT2D eigenvalue weighted by Gasteiger charge is 2.27. The highest BCUT2D eigenvalue weighted by atomic mass is 32.1. The molecule has 0 radical (unpaired) electrons. The second-order valence-corrected chi connectivity index (χ2v) is 5.42. The van der Waals surface area contributed by atoms with Crippen molar-refractivity contribution in [3.63, 3.8) is 0 Å². The zero-order chi connectivity index (χ0) is 11.8. The minimum atomic E-state index is -0.858. The predicted octanol–water partition coefficient (Wildman–Crippen LogP) is 2.06. The molecule has 0 amide bonds. The van der Waals surface area contributed by atoms with Crippen LogP contribution in [0.4, 0.5) is 5.69 Å². The number of carbonyl (C=O) groups is 1. The van der Waals surface area contributed by atoms with Crippen LogP contribution in [0.3, 0.4) is 0 Å². The lowest BCUT2D eigenvalue weighted by molar-refractivity contribution is -0.0276. The minimum absolute atomic E-state index is 0.163. The van der Waals surface area contributed by atoms with Crippen LogP contribution in [-0.4, -0.2) is 36.4 Å². The van der Waals surface area contributed by atoms with Gasteiger partial charge in [-0.25, -0.2) is 4.79 Å². The minimum Gasteiger partial charge on any atom is -0.477 e. The van der Waals surface area contributed by atoms with Crippen molar-refractivity contribution >= 4 is 23.0 Å². The maximum absolute atomic E-state index is 10.8. The van der Waals surface area contributed by atoms with Crippen molar-refractivity contribution in [2.75, 3.05) is 24.6 Å². The Bertz CT molecular complexity index is 400. The summed E-state index contributed by atoms with van der Waals surface area (Å²) in [6.45, 7) is 6.39. The number of hydrogen-bond donors (Lipinski definition) is 1. The molecule has 88 valence electrons. The van der Waals surface area contributed by atoms with E-state index < -0.39 is 5.97 Å². The fourth-order valence-electron chi connectivity index (χ4n) is 1.84. The molecular weight excluding hydrogens is 226 g/mol. The monoisotopic (exact) mass is 241 g/mol. The molecule has 2 rings (SSSR count). The molecule has 0 aromatic carbocycles. The van der Waals surface area contributed by atoms with Gasteiger partial charge in [-0.05, 0) is 19.9 Å². The van der Waals surface area contributed by atoms with Gasteiger partial charge in [-0.3, -0.25) is 0 Å². The zero-order valence-corrected chi connectivity index (χ0v) is 10.2. The zero-order valence-electron chi connectivity index (χ0n) is 9.40. The lowest BCUT2D eigenvalue weighted by Gasteiger charge is -2.39. The molecule has 1 N–H and O–H groups in total. The van der Waals surface area contributed by atoms with Gasteiger partial charge in [0.05, 0.1) is 12.2 Å². The van der Waals surface area contributed by atoms with Crippen LogP contribution in [0.15, 0.2) is 11.4 Å². The van der Waals surface area contributed by atoms with Crippen molar-refractivity contribution in [3.05, 3.63) is 16.3 Å². The van der Waals surface area contributed by atoms with Gasteiger partial charge in [-0.15, -0.1) is 11.3 Å². The summed E-state index contributed by atoms with van der Waals surface area (Å²) in [6, 6.07) is 1.73. The summed E-state index contributed by atoms with van der Waals surface area (Å²) < 4.78 is 5.62. The van der Waals surface area contributed by atoms with E-state index in [1.807, 2.05) is 19.2 Å². The summed E-state index contributed by atoms with van der Waals surface area (Å²) in [5.74, 6) is -0.858. The largest absolute Gasteiger partial charge is 0.477 e. The van der Waals surface area contributed by atoms with Gasteiger partial charge in [0, 0.05) is 24.2 Å². The van der Waals surface area contributed by atoms with E-state index >= 15 is 0 Å². The first-order valence-electron chi connectivity index (χ1n) is 5.19. The van der Waals surface area contributed by atoms with E-state index in [0.29, 0.717) is 11.5 Å². The molecule has 16 heavy (non-hydrogen) atoms. The molecule has 1 aliphatic heterocycles. The van der Waals surface area contributed by atoms with E-state index in [-0.39, 0.29) is 5.60 Å². The van der Waals surface area contributed by atoms with Crippen LogP contribution in [0.1, 0.15) is 23.5 Å². The van der Waals surface area contributed by atoms with Crippen LogP contribution in [0.25, 0.3) is 0 Å². The maximum atomic E-state index is 10.8. The molecule has 0 unspecified atom stereocenters. The summed E-state index contributed by atoms with van der Waals surface area (Å²) in [4.78, 5) is 13.4. The Morgan fingerprint density at radius 2 is 2.38 bits per heavy atom. The summed E-state index contributed by atoms with van der Waals surface area (Å²) in [5, 5.41) is 10.8. The van der Waals surface area contributed by atoms with E-state index in [0.717, 1.165) is 18.8 Å². The summed E-state index contributed by atoms with van der Waals surface area (Å²) in [5.41, 5.74) is 0.822. The normalized spacial score (nSPS) is 19.8. The number of carboxylic acids is 1. The third-order valence-corrected chi connectivity index (χ3v) is 3.49. The van der Waals surface area contributed by atoms with Gasteiger partial charge >= 0.3 is 5.97 Å². The average Bonchev–Trinajstić information content (AvgIpc) is 2.64. The second-order valence-electron chi connectivity index (χ2n) is 4.50. The van der Waals surface area contributed by atoms with Crippen LogP contribution in [0.5, 0.6) is 0 Å². The highest BCUT2D eigenvalue weighted by Crippen LogP contribution is 2.27. The van der Waals surface area contributed by atoms with Crippen LogP contribution >= 0.6 is 11.3 Å². The molecule has 4 nitrogen and oxygen atoms in total. The van der Waals surface area contributed by atoms with Crippen molar-refractivity contribution in [3.8, 4) is 0 Å². The van der Waals surface area contributed by atoms with E-state index in [2.05, 4.69) is 4.90 Å². The van der Waals surface area contributed by atoms with Crippen molar-refractivity contribution in [1.82, 2.24) is 0 Å². The number of morpholine rings is 1. The van der Waals surface area contributed by atoms with Gasteiger partial charge in [0.25, 0.3) is 0 Å². The first-order valence-corrected chi connectivity index (χ1v) is 6.07. The average molecular weight is 241 g/mol. The molecule has 1 fully saturated rings. The van der Waals surface area contributed by atoms with Crippen molar-refractivity contribution in [1.29, 1.82) is 0 Å². The van der Waals surface area contributed by atoms with E-state index in [1.165, 1.54) is 11.3 Å². The number of carboxylic acid groups (broad SMARTS) is 1. The summed E-state index contributed by atoms with van der Waals surface area (Å²) in [6.07, 6.45) is 0. The number of ether oxygens (including phenoxy) is 1. The molecular formula is C11H15NO3S. The molecule has 1 aromatic rings. The Labute approximate surface area is 98.4 Å². The fraction of sp³-hybridized carbons (Fsp3) is 0.545. The quantitative estimate of drug-likeness (QED) is 0.861. The summed E-state index contributed by atoms with van der Waals surface area (Å²) in [7, 11) is 0. The predicted molar refractivity (Wildman–Crippen MR) is 63.5 cm³/mol. The van der Waals surface area contributed by atoms with Gasteiger partial charge in [0.2, 0.25) is 0 Å². The third kappa shape index (κ3) is 2.36. The topological polar surface area (TPSA) is 49.8 Å². The Hall–Kier alpha value is -1.07. The van der Waals surface area contributed by atoms with Crippen LogP contribution < -0.4 is 4.90 Å². The molecule has 0 bridgehead atoms. The Kier molecular flexibility index (Phi) is 2.90. The number of aromatic carboxylic acids is 1. The van der Waals surface area contributed by atoms with Gasteiger partial charge in [0.15, 0.2) is 0 Å². The lowest BCUT2D eigenvalue weighted by Crippen LogP contribution is -2.48. The molecule has 5 heteroatoms. The number of anilines is 1. The molecule has 1 saturated heterocycles. The molecule has 0 aliphatic carbocycles. The molecule has 0 atom stereocenters. The number of thiophene rings is 1. The van der Waals surface area contributed by atoms with E-state index in [1.54, 1.807) is 6.07 Å². The molecule has 1 aliphatic rings. The maximum Gasteiger partial charge on any atom is 0.345 e. The van der Waals surface area contributed by atoms with E-state index in [9.17, 15) is 4.79 Å². The van der Waals surface area contributed by atoms with Crippen molar-refractivity contribution in [2.24, 2.45) is 0 Å². The van der Waals surface area contributed by atoms with Crippen LogP contribution in [-0.2, 0) is 4.74 Å². The second kappa shape index (κ2) is 4.07. The highest BCUT2D eigenvalue weighted by molar-refractivity contribution is 7.12. The smallest absolute Gasteiger partial charge is 0.345 e. The Morgan fingerprint density at radius 3 is 2.94 bits per heavy atom. The van der Waals surface area contributed by atoms with Gasteiger partial charge < -0.3 is 14.7 Å². The first-order chi connectivity index (χ1) is 7.48. The van der Waals surface area contributed by atoms with E-state index in [4.69, 9.17) is 9.84 Å². The van der Waals surface area contributed by atoms with Crippen LogP contribution in [0.2, 0.25) is 0 Å². The third-order valence-electron chi connectivity index (χ3n) is 2.59. The first kappa shape index (κ1) is 11.4. The number of rotatable bonds is 2. The molecule has 2 heterocycles. The Balaban J connectivity index is 2.14. The number of nitrogens with zero attached hydrogens (tertiary/aromatic N) is 1. The van der Waals surface area contributed by atoms with Gasteiger partial charge in [-0.1, -0.05) is 0 Å². The lowest BCUT2D eigenvalue weighted by atomic mass is 10.1. The molecule has 0 saturated carbocycles. The Morgan fingerprint density at radius 1 is 1.62 bits per heavy atom. The van der Waals surface area contributed by atoms with Gasteiger partial charge in [0.1, 0.15) is 4.88 Å².